The van der Waals surface area contributed by atoms with E-state index >= 15 is 0 Å². The molecule has 0 amide bonds. The van der Waals surface area contributed by atoms with E-state index in [1.807, 2.05) is 0 Å². The van der Waals surface area contributed by atoms with Gasteiger partial charge in [0.2, 0.25) is 6.10 Å². The van der Waals surface area contributed by atoms with Gasteiger partial charge >= 0.3 is 12.4 Å². The summed E-state index contributed by atoms with van der Waals surface area (Å²) in [6, 6.07) is 6.97. The quantitative estimate of drug-likeness (QED) is 0.802. The maximum Gasteiger partial charge on any atom is 0.418 e. The van der Waals surface area contributed by atoms with Gasteiger partial charge < -0.3 is 9.47 Å². The van der Waals surface area contributed by atoms with Crippen molar-refractivity contribution >= 4 is 28.4 Å². The summed E-state index contributed by atoms with van der Waals surface area (Å²) in [5.41, 5.74) is -0.127. The minimum absolute atomic E-state index is 0.523. The molecule has 0 aliphatic rings. The van der Waals surface area contributed by atoms with Crippen LogP contribution in [0.15, 0.2) is 28.7 Å². The van der Waals surface area contributed by atoms with Gasteiger partial charge in [0.1, 0.15) is 5.60 Å². The monoisotopic (exact) mass is 313 g/mol. The summed E-state index contributed by atoms with van der Waals surface area (Å²) < 4.78 is 10.6. The van der Waals surface area contributed by atoms with Gasteiger partial charge in [0.15, 0.2) is 0 Å². The molecule has 0 aliphatic carbocycles. The predicted molar refractivity (Wildman–Crippen MR) is 69.5 cm³/mol. The van der Waals surface area contributed by atoms with E-state index in [4.69, 9.17) is 9.47 Å². The molecule has 0 aliphatic heterocycles. The first-order valence-corrected chi connectivity index (χ1v) is 6.14. The van der Waals surface area contributed by atoms with Gasteiger partial charge in [-0.1, -0.05) is 34.1 Å². The smallest absolute Gasteiger partial charge is 0.418 e. The molecule has 1 radical (unpaired) electrons. The summed E-state index contributed by atoms with van der Waals surface area (Å²) in [5, 5.41) is 0. The van der Waals surface area contributed by atoms with Crippen molar-refractivity contribution in [2.24, 2.45) is 0 Å². The van der Waals surface area contributed by atoms with Crippen LogP contribution in [0.5, 0.6) is 0 Å². The first-order chi connectivity index (χ1) is 8.35. The number of carbonyl (C=O) groups excluding carboxylic acids is 2. The highest BCUT2D eigenvalue weighted by Crippen LogP contribution is 2.27. The first kappa shape index (κ1) is 14.7. The van der Waals surface area contributed by atoms with Crippen molar-refractivity contribution < 1.29 is 19.1 Å². The van der Waals surface area contributed by atoms with Crippen LogP contribution in [0, 0.1) is 0 Å². The fraction of sp³-hybridized carbons (Fsp3) is 0.385. The maximum atomic E-state index is 12.0. The van der Waals surface area contributed by atoms with E-state index < -0.39 is 17.7 Å². The van der Waals surface area contributed by atoms with Crippen LogP contribution in [-0.2, 0) is 19.1 Å². The maximum absolute atomic E-state index is 12.0. The molecule has 18 heavy (non-hydrogen) atoms. The molecule has 1 unspecified atom stereocenters. The summed E-state index contributed by atoms with van der Waals surface area (Å²) in [4.78, 5) is 22.4. The molecule has 0 bridgehead atoms. The van der Waals surface area contributed by atoms with Crippen LogP contribution in [0.3, 0.4) is 0 Å². The van der Waals surface area contributed by atoms with Gasteiger partial charge in [0.05, 0.1) is 0 Å². The number of halogens is 1. The van der Waals surface area contributed by atoms with Gasteiger partial charge in [-0.15, -0.1) is 0 Å². The summed E-state index contributed by atoms with van der Waals surface area (Å²) in [6.07, 6.45) is -1.11. The number of hydrogen-bond acceptors (Lipinski definition) is 4. The van der Waals surface area contributed by atoms with E-state index in [1.165, 1.54) is 6.47 Å². The van der Waals surface area contributed by atoms with Gasteiger partial charge in [-0.25, -0.2) is 9.59 Å². The highest BCUT2D eigenvalue weighted by molar-refractivity contribution is 9.10. The van der Waals surface area contributed by atoms with E-state index in [9.17, 15) is 9.59 Å². The normalized spacial score (nSPS) is 12.7. The Bertz CT molecular complexity index is 437. The van der Waals surface area contributed by atoms with Gasteiger partial charge in [-0.3, -0.25) is 0 Å². The second-order valence-corrected chi connectivity index (χ2v) is 5.49. The zero-order chi connectivity index (χ0) is 13.8. The minimum Gasteiger partial charge on any atom is -0.457 e. The van der Waals surface area contributed by atoms with Crippen molar-refractivity contribution in [1.29, 1.82) is 0 Å². The van der Waals surface area contributed by atoms with Gasteiger partial charge in [-0.05, 0) is 26.8 Å². The molecule has 5 heteroatoms. The Labute approximate surface area is 114 Å². The molecule has 1 atom stereocenters. The molecule has 1 aromatic carbocycles. The second kappa shape index (κ2) is 6.00. The zero-order valence-corrected chi connectivity index (χ0v) is 12.0. The Hall–Kier alpha value is -1.36. The predicted octanol–water partition coefficient (Wildman–Crippen LogP) is 2.92. The number of ether oxygens (including phenoxy) is 2. The molecule has 1 rings (SSSR count). The summed E-state index contributed by atoms with van der Waals surface area (Å²) in [6.45, 7) is 6.52. The molecule has 1 aromatic rings. The molecule has 4 nitrogen and oxygen atoms in total. The number of esters is 1. The Morgan fingerprint density at radius 1 is 1.33 bits per heavy atom. The van der Waals surface area contributed by atoms with Crippen LogP contribution in [-0.4, -0.2) is 18.0 Å². The van der Waals surface area contributed by atoms with Crippen molar-refractivity contribution in [3.8, 4) is 0 Å². The molecule has 0 N–H and O–H groups in total. The molecule has 97 valence electrons. The van der Waals surface area contributed by atoms with E-state index in [0.29, 0.717) is 10.0 Å². The van der Waals surface area contributed by atoms with Crippen LogP contribution < -0.4 is 0 Å². The van der Waals surface area contributed by atoms with Crippen molar-refractivity contribution in [3.63, 3.8) is 0 Å². The number of carbonyl (C=O) groups is 1. The molecular formula is C13H14BrO4. The van der Waals surface area contributed by atoms with Crippen LogP contribution in [0.25, 0.3) is 0 Å². The van der Waals surface area contributed by atoms with Crippen molar-refractivity contribution in [3.05, 3.63) is 34.3 Å². The number of rotatable bonds is 4. The third-order valence-electron chi connectivity index (χ3n) is 1.97. The topological polar surface area (TPSA) is 52.6 Å². The minimum atomic E-state index is -1.11. The Balaban J connectivity index is 3.00. The van der Waals surface area contributed by atoms with Crippen molar-refractivity contribution in [2.75, 3.05) is 0 Å². The fourth-order valence-corrected chi connectivity index (χ4v) is 1.82. The third kappa shape index (κ3) is 4.14. The van der Waals surface area contributed by atoms with Crippen molar-refractivity contribution in [1.82, 2.24) is 0 Å². The lowest BCUT2D eigenvalue weighted by Crippen LogP contribution is -2.29. The molecule has 0 saturated carbocycles. The lowest BCUT2D eigenvalue weighted by molar-refractivity contribution is -0.164. The van der Waals surface area contributed by atoms with Crippen LogP contribution in [0.4, 0.5) is 0 Å². The standard InChI is InChI=1S/C13H14BrO4/c1-13(2,3)18-12(16)11(17-8-15)9-6-4-5-7-10(9)14/h4-7,11H,1-3H3. The zero-order valence-electron chi connectivity index (χ0n) is 10.4. The highest BCUT2D eigenvalue weighted by atomic mass is 79.9. The van der Waals surface area contributed by atoms with Crippen molar-refractivity contribution in [2.45, 2.75) is 32.5 Å². The van der Waals surface area contributed by atoms with E-state index in [2.05, 4.69) is 15.9 Å². The average molecular weight is 314 g/mol. The lowest BCUT2D eigenvalue weighted by Gasteiger charge is -2.23. The SMILES string of the molecule is CC(C)(C)OC(=O)C(O[C]=O)c1ccccc1Br. The van der Waals surface area contributed by atoms with Crippen LogP contribution in [0.1, 0.15) is 32.4 Å². The van der Waals surface area contributed by atoms with E-state index in [0.717, 1.165) is 0 Å². The largest absolute Gasteiger partial charge is 0.457 e. The average Bonchev–Trinajstić information content (AvgIpc) is 2.24. The van der Waals surface area contributed by atoms with Gasteiger partial charge in [-0.2, -0.15) is 0 Å². The van der Waals surface area contributed by atoms with Gasteiger partial charge in [0.25, 0.3) is 0 Å². The molecule has 0 spiro atoms. The number of benzene rings is 1. The molecular weight excluding hydrogens is 300 g/mol. The van der Waals surface area contributed by atoms with E-state index in [1.54, 1.807) is 45.0 Å². The molecule has 0 heterocycles. The van der Waals surface area contributed by atoms with Gasteiger partial charge in [0, 0.05) is 10.0 Å². The Morgan fingerprint density at radius 2 is 1.94 bits per heavy atom. The van der Waals surface area contributed by atoms with E-state index in [-0.39, 0.29) is 0 Å². The highest BCUT2D eigenvalue weighted by Gasteiger charge is 2.29. The van der Waals surface area contributed by atoms with Crippen LogP contribution in [0.2, 0.25) is 0 Å². The molecule has 0 fully saturated rings. The first-order valence-electron chi connectivity index (χ1n) is 5.35. The van der Waals surface area contributed by atoms with Crippen LogP contribution >= 0.6 is 15.9 Å². The Kier molecular flexibility index (Phi) is 4.90. The lowest BCUT2D eigenvalue weighted by atomic mass is 10.1. The third-order valence-corrected chi connectivity index (χ3v) is 2.70. The second-order valence-electron chi connectivity index (χ2n) is 4.64. The fourth-order valence-electron chi connectivity index (χ4n) is 1.33. The summed E-state index contributed by atoms with van der Waals surface area (Å²) >= 11 is 3.30. The summed E-state index contributed by atoms with van der Waals surface area (Å²) in [7, 11) is 0. The Morgan fingerprint density at radius 3 is 2.44 bits per heavy atom. The molecule has 0 aromatic heterocycles. The molecule has 0 saturated heterocycles. The number of hydrogen-bond donors (Lipinski definition) is 0. The summed E-state index contributed by atoms with van der Waals surface area (Å²) in [5.74, 6) is -0.627.